The van der Waals surface area contributed by atoms with Crippen LogP contribution >= 0.6 is 0 Å². The first-order valence-electron chi connectivity index (χ1n) is 4.07. The number of hydrogen-bond acceptors (Lipinski definition) is 4. The number of aliphatic hydroxyl groups excluding tert-OH is 2. The second-order valence-electron chi connectivity index (χ2n) is 2.66. The van der Waals surface area contributed by atoms with Gasteiger partial charge in [-0.2, -0.15) is 0 Å². The van der Waals surface area contributed by atoms with E-state index in [0.717, 1.165) is 6.42 Å². The third-order valence-electron chi connectivity index (χ3n) is 1.76. The maximum Gasteiger partial charge on any atom is 0.106 e. The van der Waals surface area contributed by atoms with Crippen molar-refractivity contribution in [2.75, 3.05) is 27.4 Å². The summed E-state index contributed by atoms with van der Waals surface area (Å²) in [6.45, 7) is 0.476. The lowest BCUT2D eigenvalue weighted by Crippen LogP contribution is -2.31. The van der Waals surface area contributed by atoms with Gasteiger partial charge >= 0.3 is 0 Å². The van der Waals surface area contributed by atoms with Crippen LogP contribution in [-0.4, -0.2) is 49.9 Å². The van der Waals surface area contributed by atoms with Crippen LogP contribution < -0.4 is 0 Å². The van der Waals surface area contributed by atoms with Gasteiger partial charge in [0.2, 0.25) is 0 Å². The fourth-order valence-corrected chi connectivity index (χ4v) is 0.976. The lowest BCUT2D eigenvalue weighted by Gasteiger charge is -2.18. The molecule has 0 amide bonds. The van der Waals surface area contributed by atoms with E-state index >= 15 is 0 Å². The molecule has 0 aromatic carbocycles. The third-order valence-corrected chi connectivity index (χ3v) is 1.76. The molecule has 0 aliphatic heterocycles. The summed E-state index contributed by atoms with van der Waals surface area (Å²) in [5.41, 5.74) is 0. The fourth-order valence-electron chi connectivity index (χ4n) is 0.976. The molecule has 0 fully saturated rings. The first-order chi connectivity index (χ1) is 5.76. The summed E-state index contributed by atoms with van der Waals surface area (Å²) in [6.07, 6.45) is 0.293. The Balaban J connectivity index is 3.47. The van der Waals surface area contributed by atoms with Gasteiger partial charge in [0.15, 0.2) is 0 Å². The predicted molar refractivity (Wildman–Crippen MR) is 45.0 cm³/mol. The number of methoxy groups -OCH3 is 2. The summed E-state index contributed by atoms with van der Waals surface area (Å²) < 4.78 is 9.68. The van der Waals surface area contributed by atoms with Gasteiger partial charge in [0.25, 0.3) is 0 Å². The molecule has 0 bridgehead atoms. The fraction of sp³-hybridized carbons (Fsp3) is 1.00. The van der Waals surface area contributed by atoms with E-state index < -0.39 is 12.2 Å². The quantitative estimate of drug-likeness (QED) is 0.529. The highest BCUT2D eigenvalue weighted by Crippen LogP contribution is 2.04. The van der Waals surface area contributed by atoms with Gasteiger partial charge in [0.1, 0.15) is 6.10 Å². The van der Waals surface area contributed by atoms with Crippen molar-refractivity contribution in [2.45, 2.75) is 25.0 Å². The molecule has 12 heavy (non-hydrogen) atoms. The Morgan fingerprint density at radius 2 is 2.00 bits per heavy atom. The molecule has 74 valence electrons. The van der Waals surface area contributed by atoms with Crippen LogP contribution in [0, 0.1) is 0 Å². The summed E-state index contributed by atoms with van der Waals surface area (Å²) in [5, 5.41) is 18.1. The van der Waals surface area contributed by atoms with E-state index in [-0.39, 0.29) is 6.61 Å². The van der Waals surface area contributed by atoms with Crippen LogP contribution in [0.2, 0.25) is 0 Å². The number of aliphatic hydroxyl groups is 2. The molecular weight excluding hydrogens is 160 g/mol. The monoisotopic (exact) mass is 178 g/mol. The molecule has 0 aliphatic rings. The lowest BCUT2D eigenvalue weighted by atomic mass is 10.1. The van der Waals surface area contributed by atoms with Crippen molar-refractivity contribution in [3.8, 4) is 0 Å². The van der Waals surface area contributed by atoms with Gasteiger partial charge in [-0.15, -0.1) is 0 Å². The van der Waals surface area contributed by atoms with Crippen LogP contribution in [0.25, 0.3) is 0 Å². The van der Waals surface area contributed by atoms with E-state index in [0.29, 0.717) is 13.0 Å². The Kier molecular flexibility index (Phi) is 7.39. The van der Waals surface area contributed by atoms with Crippen LogP contribution in [0.4, 0.5) is 0 Å². The SMILES string of the molecule is COCCCC(O)C(CO)OC. The van der Waals surface area contributed by atoms with Crippen LogP contribution in [0.1, 0.15) is 12.8 Å². The minimum absolute atomic E-state index is 0.148. The summed E-state index contributed by atoms with van der Waals surface area (Å²) in [7, 11) is 3.09. The highest BCUT2D eigenvalue weighted by atomic mass is 16.5. The van der Waals surface area contributed by atoms with Gasteiger partial charge in [0.05, 0.1) is 12.7 Å². The second kappa shape index (κ2) is 7.49. The Morgan fingerprint density at radius 1 is 1.33 bits per heavy atom. The van der Waals surface area contributed by atoms with E-state index in [9.17, 15) is 5.11 Å². The largest absolute Gasteiger partial charge is 0.394 e. The summed E-state index contributed by atoms with van der Waals surface area (Å²) in [4.78, 5) is 0. The van der Waals surface area contributed by atoms with E-state index in [4.69, 9.17) is 14.6 Å². The van der Waals surface area contributed by atoms with Crippen LogP contribution in [-0.2, 0) is 9.47 Å². The second-order valence-corrected chi connectivity index (χ2v) is 2.66. The Bertz CT molecular complexity index is 93.1. The highest BCUT2D eigenvalue weighted by molar-refractivity contribution is 4.67. The molecule has 0 aliphatic carbocycles. The molecule has 2 atom stereocenters. The Hall–Kier alpha value is -0.160. The predicted octanol–water partition coefficient (Wildman–Crippen LogP) is -0.219. The zero-order valence-electron chi connectivity index (χ0n) is 7.69. The molecule has 2 N–H and O–H groups in total. The Labute approximate surface area is 73.1 Å². The van der Waals surface area contributed by atoms with E-state index in [1.54, 1.807) is 7.11 Å². The first-order valence-corrected chi connectivity index (χ1v) is 4.07. The summed E-state index contributed by atoms with van der Waals surface area (Å²) in [6, 6.07) is 0. The first kappa shape index (κ1) is 11.8. The van der Waals surface area contributed by atoms with Gasteiger partial charge in [-0.1, -0.05) is 0 Å². The van der Waals surface area contributed by atoms with Crippen molar-refractivity contribution < 1.29 is 19.7 Å². The molecule has 0 rings (SSSR count). The smallest absolute Gasteiger partial charge is 0.106 e. The molecule has 0 saturated carbocycles. The van der Waals surface area contributed by atoms with E-state index in [2.05, 4.69) is 0 Å². The van der Waals surface area contributed by atoms with Crippen molar-refractivity contribution >= 4 is 0 Å². The minimum Gasteiger partial charge on any atom is -0.394 e. The van der Waals surface area contributed by atoms with Crippen molar-refractivity contribution in [3.63, 3.8) is 0 Å². The van der Waals surface area contributed by atoms with E-state index in [1.165, 1.54) is 7.11 Å². The van der Waals surface area contributed by atoms with Crippen LogP contribution in [0.3, 0.4) is 0 Å². The maximum absolute atomic E-state index is 9.40. The average Bonchev–Trinajstić information content (AvgIpc) is 2.07. The number of hydrogen-bond donors (Lipinski definition) is 2. The zero-order chi connectivity index (χ0) is 9.40. The average molecular weight is 178 g/mol. The molecular formula is C8H18O4. The van der Waals surface area contributed by atoms with Crippen molar-refractivity contribution in [2.24, 2.45) is 0 Å². The van der Waals surface area contributed by atoms with Gasteiger partial charge < -0.3 is 19.7 Å². The van der Waals surface area contributed by atoms with Crippen molar-refractivity contribution in [3.05, 3.63) is 0 Å². The topological polar surface area (TPSA) is 58.9 Å². The van der Waals surface area contributed by atoms with Gasteiger partial charge in [0, 0.05) is 20.8 Å². The zero-order valence-corrected chi connectivity index (χ0v) is 7.69. The molecule has 0 aromatic heterocycles. The minimum atomic E-state index is -0.602. The van der Waals surface area contributed by atoms with E-state index in [1.807, 2.05) is 0 Å². The van der Waals surface area contributed by atoms with Crippen molar-refractivity contribution in [1.29, 1.82) is 0 Å². The third kappa shape index (κ3) is 4.66. The van der Waals surface area contributed by atoms with Gasteiger partial charge in [-0.05, 0) is 12.8 Å². The molecule has 0 spiro atoms. The molecule has 0 aromatic rings. The molecule has 4 heteroatoms. The molecule has 2 unspecified atom stereocenters. The standard InChI is InChI=1S/C8H18O4/c1-11-5-3-4-7(10)8(6-9)12-2/h7-10H,3-6H2,1-2H3. The van der Waals surface area contributed by atoms with Crippen LogP contribution in [0.15, 0.2) is 0 Å². The number of rotatable bonds is 7. The molecule has 4 nitrogen and oxygen atoms in total. The summed E-state index contributed by atoms with van der Waals surface area (Å²) in [5.74, 6) is 0. The summed E-state index contributed by atoms with van der Waals surface area (Å²) >= 11 is 0. The van der Waals surface area contributed by atoms with Crippen molar-refractivity contribution in [1.82, 2.24) is 0 Å². The highest BCUT2D eigenvalue weighted by Gasteiger charge is 2.16. The lowest BCUT2D eigenvalue weighted by molar-refractivity contribution is -0.0460. The maximum atomic E-state index is 9.40. The molecule has 0 heterocycles. The molecule has 0 radical (unpaired) electrons. The van der Waals surface area contributed by atoms with Gasteiger partial charge in [-0.3, -0.25) is 0 Å². The normalized spacial score (nSPS) is 16.0. The Morgan fingerprint density at radius 3 is 2.42 bits per heavy atom. The number of ether oxygens (including phenoxy) is 2. The molecule has 0 saturated heterocycles. The van der Waals surface area contributed by atoms with Crippen LogP contribution in [0.5, 0.6) is 0 Å². The van der Waals surface area contributed by atoms with Gasteiger partial charge in [-0.25, -0.2) is 0 Å².